The van der Waals surface area contributed by atoms with E-state index in [0.717, 1.165) is 55.5 Å². The largest absolute Gasteiger partial charge is 0.391 e. The molecule has 1 saturated carbocycles. The number of carbonyl (C=O) groups excluding carboxylic acids is 1. The van der Waals surface area contributed by atoms with E-state index >= 15 is 0 Å². The monoisotopic (exact) mass is 347 g/mol. The van der Waals surface area contributed by atoms with Gasteiger partial charge < -0.3 is 10.4 Å². The van der Waals surface area contributed by atoms with Crippen molar-refractivity contribution in [1.82, 2.24) is 15.1 Å². The Kier molecular flexibility index (Phi) is 4.03. The van der Waals surface area contributed by atoms with Gasteiger partial charge in [-0.1, -0.05) is 0 Å². The van der Waals surface area contributed by atoms with Gasteiger partial charge in [0.25, 0.3) is 5.91 Å². The van der Waals surface area contributed by atoms with E-state index in [4.69, 9.17) is 0 Å². The Morgan fingerprint density at radius 1 is 1.32 bits per heavy atom. The van der Waals surface area contributed by atoms with Crippen LogP contribution in [0.25, 0.3) is 5.69 Å². The molecule has 2 aromatic rings. The van der Waals surface area contributed by atoms with Gasteiger partial charge in [0.05, 0.1) is 11.8 Å². The van der Waals surface area contributed by atoms with Gasteiger partial charge in [-0.05, 0) is 50.2 Å². The predicted molar refractivity (Wildman–Crippen MR) is 86.6 cm³/mol. The molecule has 1 fully saturated rings. The molecular weight excluding hydrogens is 328 g/mol. The lowest BCUT2D eigenvalue weighted by Crippen LogP contribution is -2.33. The first-order chi connectivity index (χ1) is 12.0. The maximum absolute atomic E-state index is 13.6. The van der Waals surface area contributed by atoms with E-state index in [1.54, 1.807) is 0 Å². The Morgan fingerprint density at radius 2 is 2.12 bits per heavy atom. The van der Waals surface area contributed by atoms with E-state index in [1.165, 1.54) is 10.7 Å². The normalized spacial score (nSPS) is 17.4. The highest BCUT2D eigenvalue weighted by Gasteiger charge is 2.31. The Labute approximate surface area is 143 Å². The molecule has 0 bridgehead atoms. The van der Waals surface area contributed by atoms with Crippen molar-refractivity contribution in [3.05, 3.63) is 46.8 Å². The molecule has 25 heavy (non-hydrogen) atoms. The first kappa shape index (κ1) is 16.2. The fraction of sp³-hybridized carbons (Fsp3) is 0.444. The molecule has 132 valence electrons. The number of amides is 1. The summed E-state index contributed by atoms with van der Waals surface area (Å²) >= 11 is 0. The van der Waals surface area contributed by atoms with Crippen LogP contribution in [0, 0.1) is 17.6 Å². The van der Waals surface area contributed by atoms with Crippen LogP contribution < -0.4 is 5.32 Å². The maximum atomic E-state index is 13.6. The van der Waals surface area contributed by atoms with E-state index in [-0.39, 0.29) is 18.4 Å². The summed E-state index contributed by atoms with van der Waals surface area (Å²) in [4.78, 5) is 12.5. The second-order valence-corrected chi connectivity index (χ2v) is 6.75. The van der Waals surface area contributed by atoms with Gasteiger partial charge >= 0.3 is 0 Å². The van der Waals surface area contributed by atoms with Crippen molar-refractivity contribution >= 4 is 5.91 Å². The van der Waals surface area contributed by atoms with Gasteiger partial charge in [0.15, 0.2) is 17.3 Å². The van der Waals surface area contributed by atoms with Gasteiger partial charge in [-0.15, -0.1) is 0 Å². The first-order valence-corrected chi connectivity index (χ1v) is 8.57. The molecule has 1 heterocycles. The molecule has 0 aliphatic heterocycles. The standard InChI is InChI=1S/C18H19F2N3O2/c19-13-7-6-11(8-14(13)20)23-15-3-1-2-12(15)17(22-23)18(25)21-9-16(24)10-4-5-10/h6-8,10,16,24H,1-5,9H2,(H,21,25). The van der Waals surface area contributed by atoms with Gasteiger partial charge in [-0.25, -0.2) is 13.5 Å². The number of benzene rings is 1. The van der Waals surface area contributed by atoms with Crippen LogP contribution in [0.2, 0.25) is 0 Å². The SMILES string of the molecule is O=C(NCC(O)C1CC1)c1nn(-c2ccc(F)c(F)c2)c2c1CCC2. The molecule has 1 aromatic heterocycles. The lowest BCUT2D eigenvalue weighted by Gasteiger charge is -2.10. The van der Waals surface area contributed by atoms with Gasteiger partial charge in [0, 0.05) is 23.9 Å². The second-order valence-electron chi connectivity index (χ2n) is 6.75. The molecule has 7 heteroatoms. The number of fused-ring (bicyclic) bond motifs is 1. The number of rotatable bonds is 5. The van der Waals surface area contributed by atoms with Gasteiger partial charge in [-0.3, -0.25) is 4.79 Å². The number of hydrogen-bond donors (Lipinski definition) is 2. The third kappa shape index (κ3) is 3.04. The topological polar surface area (TPSA) is 67.2 Å². The summed E-state index contributed by atoms with van der Waals surface area (Å²) in [5.41, 5.74) is 2.41. The lowest BCUT2D eigenvalue weighted by molar-refractivity contribution is 0.0895. The van der Waals surface area contributed by atoms with Crippen molar-refractivity contribution in [3.63, 3.8) is 0 Å². The van der Waals surface area contributed by atoms with Gasteiger partial charge in [0.1, 0.15) is 0 Å². The molecule has 2 N–H and O–H groups in total. The molecule has 1 aromatic carbocycles. The fourth-order valence-corrected chi connectivity index (χ4v) is 3.38. The van der Waals surface area contributed by atoms with Crippen molar-refractivity contribution in [2.24, 2.45) is 5.92 Å². The van der Waals surface area contributed by atoms with Crippen molar-refractivity contribution in [2.75, 3.05) is 6.54 Å². The average Bonchev–Trinajstić information content (AvgIpc) is 3.23. The van der Waals surface area contributed by atoms with Crippen molar-refractivity contribution in [3.8, 4) is 5.69 Å². The van der Waals surface area contributed by atoms with E-state index in [9.17, 15) is 18.7 Å². The highest BCUT2D eigenvalue weighted by atomic mass is 19.2. The summed E-state index contributed by atoms with van der Waals surface area (Å²) < 4.78 is 28.3. The molecule has 0 spiro atoms. The molecule has 4 rings (SSSR count). The number of hydrogen-bond acceptors (Lipinski definition) is 3. The van der Waals surface area contributed by atoms with Crippen LogP contribution >= 0.6 is 0 Å². The summed E-state index contributed by atoms with van der Waals surface area (Å²) in [5.74, 6) is -1.91. The summed E-state index contributed by atoms with van der Waals surface area (Å²) in [6.45, 7) is 0.205. The highest BCUT2D eigenvalue weighted by molar-refractivity contribution is 5.94. The molecule has 0 saturated heterocycles. The zero-order valence-corrected chi connectivity index (χ0v) is 13.6. The Hall–Kier alpha value is -2.28. The zero-order chi connectivity index (χ0) is 17.6. The maximum Gasteiger partial charge on any atom is 0.272 e. The number of nitrogens with one attached hydrogen (secondary N) is 1. The van der Waals surface area contributed by atoms with E-state index in [2.05, 4.69) is 10.4 Å². The number of halogens is 2. The summed E-state index contributed by atoms with van der Waals surface area (Å²) in [6, 6.07) is 3.58. The van der Waals surface area contributed by atoms with Gasteiger partial charge in [0.2, 0.25) is 0 Å². The molecule has 2 aliphatic rings. The number of carbonyl (C=O) groups is 1. The number of aliphatic hydroxyl groups is 1. The zero-order valence-electron chi connectivity index (χ0n) is 13.6. The Bertz CT molecular complexity index is 830. The van der Waals surface area contributed by atoms with Crippen LogP contribution in [0.3, 0.4) is 0 Å². The van der Waals surface area contributed by atoms with Crippen LogP contribution in [0.4, 0.5) is 8.78 Å². The van der Waals surface area contributed by atoms with Crippen LogP contribution in [0.5, 0.6) is 0 Å². The fourth-order valence-electron chi connectivity index (χ4n) is 3.38. The smallest absolute Gasteiger partial charge is 0.272 e. The minimum atomic E-state index is -0.946. The van der Waals surface area contributed by atoms with E-state index in [0.29, 0.717) is 11.4 Å². The molecule has 5 nitrogen and oxygen atoms in total. The Balaban J connectivity index is 1.60. The van der Waals surface area contributed by atoms with Crippen molar-refractivity contribution in [2.45, 2.75) is 38.2 Å². The lowest BCUT2D eigenvalue weighted by atomic mass is 10.2. The summed E-state index contributed by atoms with van der Waals surface area (Å²) in [7, 11) is 0. The van der Waals surface area contributed by atoms with E-state index < -0.39 is 17.7 Å². The van der Waals surface area contributed by atoms with Crippen LogP contribution in [-0.4, -0.2) is 33.4 Å². The van der Waals surface area contributed by atoms with Crippen LogP contribution in [0.1, 0.15) is 41.0 Å². The summed E-state index contributed by atoms with van der Waals surface area (Å²) in [5, 5.41) is 17.0. The third-order valence-corrected chi connectivity index (χ3v) is 4.93. The molecule has 1 atom stereocenters. The highest BCUT2D eigenvalue weighted by Crippen LogP contribution is 2.32. The van der Waals surface area contributed by atoms with Gasteiger partial charge in [-0.2, -0.15) is 5.10 Å². The van der Waals surface area contributed by atoms with Crippen LogP contribution in [0.15, 0.2) is 18.2 Å². The minimum absolute atomic E-state index is 0.205. The molecular formula is C18H19F2N3O2. The van der Waals surface area contributed by atoms with Crippen LogP contribution in [-0.2, 0) is 12.8 Å². The molecule has 2 aliphatic carbocycles. The molecule has 1 unspecified atom stereocenters. The molecule has 1 amide bonds. The first-order valence-electron chi connectivity index (χ1n) is 8.57. The second kappa shape index (κ2) is 6.22. The summed E-state index contributed by atoms with van der Waals surface area (Å²) in [6.07, 6.45) is 3.83. The molecule has 0 radical (unpaired) electrons. The Morgan fingerprint density at radius 3 is 2.84 bits per heavy atom. The number of nitrogens with zero attached hydrogens (tertiary/aromatic N) is 2. The minimum Gasteiger partial charge on any atom is -0.391 e. The quantitative estimate of drug-likeness (QED) is 0.871. The number of aliphatic hydroxyl groups excluding tert-OH is 1. The predicted octanol–water partition coefficient (Wildman–Crippen LogP) is 2.14. The van der Waals surface area contributed by atoms with Crippen molar-refractivity contribution in [1.29, 1.82) is 0 Å². The third-order valence-electron chi connectivity index (χ3n) is 4.93. The van der Waals surface area contributed by atoms with E-state index in [1.807, 2.05) is 0 Å². The van der Waals surface area contributed by atoms with Crippen molar-refractivity contribution < 1.29 is 18.7 Å². The average molecular weight is 347 g/mol. The number of aromatic nitrogens is 2.